The minimum atomic E-state index is -0.208. The first kappa shape index (κ1) is 20.7. The summed E-state index contributed by atoms with van der Waals surface area (Å²) in [7, 11) is 0. The molecule has 0 aliphatic rings. The van der Waals surface area contributed by atoms with Gasteiger partial charge >= 0.3 is 0 Å². The Bertz CT molecular complexity index is 1320. The summed E-state index contributed by atoms with van der Waals surface area (Å²) in [6.07, 6.45) is 4.70. The normalized spacial score (nSPS) is 12.0. The average Bonchev–Trinajstić information content (AvgIpc) is 3.25. The van der Waals surface area contributed by atoms with E-state index in [-0.39, 0.29) is 17.5 Å². The van der Waals surface area contributed by atoms with Gasteiger partial charge in [-0.25, -0.2) is 9.98 Å². The van der Waals surface area contributed by atoms with E-state index >= 15 is 0 Å². The number of fused-ring (bicyclic) bond motifs is 1. The van der Waals surface area contributed by atoms with Gasteiger partial charge in [0.1, 0.15) is 11.4 Å². The molecule has 0 atom stereocenters. The third-order valence-electron chi connectivity index (χ3n) is 4.67. The quantitative estimate of drug-likeness (QED) is 0.260. The number of nitrogens with two attached hydrogens (primary N) is 1. The molecule has 158 valence electrons. The van der Waals surface area contributed by atoms with Gasteiger partial charge in [0.15, 0.2) is 5.82 Å². The average molecular weight is 423 g/mol. The molecule has 2 aromatic heterocycles. The van der Waals surface area contributed by atoms with Gasteiger partial charge in [0.2, 0.25) is 11.7 Å². The van der Waals surface area contributed by atoms with E-state index in [9.17, 15) is 4.79 Å². The molecule has 0 radical (unpaired) electrons. The van der Waals surface area contributed by atoms with Crippen LogP contribution >= 0.6 is 0 Å². The molecular weight excluding hydrogens is 402 g/mol. The van der Waals surface area contributed by atoms with Crippen molar-refractivity contribution in [2.24, 2.45) is 10.7 Å². The highest BCUT2D eigenvalue weighted by molar-refractivity contribution is 6.08. The summed E-state index contributed by atoms with van der Waals surface area (Å²) in [4.78, 5) is 28.7. The minimum Gasteiger partial charge on any atom is -0.437 e. The van der Waals surface area contributed by atoms with E-state index in [1.807, 2.05) is 37.3 Å². The molecule has 0 bridgehead atoms. The Labute approximate surface area is 185 Å². The highest BCUT2D eigenvalue weighted by atomic mass is 16.5. The largest absolute Gasteiger partial charge is 0.437 e. The number of nitrogens with one attached hydrogen (secondary N) is 1. The lowest BCUT2D eigenvalue weighted by Gasteiger charge is -2.10. The van der Waals surface area contributed by atoms with Crippen molar-refractivity contribution in [1.82, 2.24) is 15.0 Å². The van der Waals surface area contributed by atoms with Crippen molar-refractivity contribution in [2.45, 2.75) is 6.92 Å². The maximum absolute atomic E-state index is 12.8. The zero-order valence-corrected chi connectivity index (χ0v) is 17.4. The van der Waals surface area contributed by atoms with Crippen LogP contribution in [0.5, 0.6) is 5.75 Å². The van der Waals surface area contributed by atoms with E-state index in [1.165, 1.54) is 12.3 Å². The lowest BCUT2D eigenvalue weighted by Crippen LogP contribution is -2.07. The van der Waals surface area contributed by atoms with Crippen LogP contribution in [0, 0.1) is 6.92 Å². The fraction of sp³-hybridized carbons (Fsp3) is 0.0400. The molecule has 2 aromatic carbocycles. The van der Waals surface area contributed by atoms with Gasteiger partial charge in [-0.15, -0.1) is 0 Å². The van der Waals surface area contributed by atoms with Gasteiger partial charge in [-0.2, -0.15) is 0 Å². The molecule has 3 N–H and O–H groups in total. The van der Waals surface area contributed by atoms with Gasteiger partial charge in [-0.3, -0.25) is 9.78 Å². The third kappa shape index (κ3) is 4.46. The van der Waals surface area contributed by atoms with Crippen LogP contribution in [0.4, 0.5) is 0 Å². The fourth-order valence-corrected chi connectivity index (χ4v) is 3.09. The van der Waals surface area contributed by atoms with Gasteiger partial charge in [0, 0.05) is 29.2 Å². The smallest absolute Gasteiger partial charge is 0.243 e. The van der Waals surface area contributed by atoms with Crippen LogP contribution in [-0.2, 0) is 0 Å². The summed E-state index contributed by atoms with van der Waals surface area (Å²) in [5.41, 5.74) is 10.3. The molecular formula is C25H21N5O2. The number of carbonyl (C=O) groups excluding carboxylic acids is 1. The molecule has 0 aliphatic heterocycles. The number of allylic oxidation sites excluding steroid dienone is 1. The molecule has 0 saturated heterocycles. The van der Waals surface area contributed by atoms with Gasteiger partial charge in [-0.1, -0.05) is 24.8 Å². The molecule has 0 aliphatic carbocycles. The number of aromatic nitrogens is 3. The maximum Gasteiger partial charge on any atom is 0.243 e. The van der Waals surface area contributed by atoms with Gasteiger partial charge < -0.3 is 15.5 Å². The van der Waals surface area contributed by atoms with Crippen molar-refractivity contribution in [3.05, 3.63) is 108 Å². The number of rotatable bonds is 7. The van der Waals surface area contributed by atoms with Crippen LogP contribution < -0.4 is 10.5 Å². The number of ether oxygens (including phenoxy) is 1. The van der Waals surface area contributed by atoms with Crippen LogP contribution in [0.15, 0.2) is 90.4 Å². The second-order valence-electron chi connectivity index (χ2n) is 6.98. The zero-order valence-electron chi connectivity index (χ0n) is 17.4. The summed E-state index contributed by atoms with van der Waals surface area (Å²) < 4.78 is 5.91. The Hall–Kier alpha value is -4.52. The molecule has 0 spiro atoms. The molecule has 7 heteroatoms. The van der Waals surface area contributed by atoms with Crippen molar-refractivity contribution >= 4 is 28.7 Å². The molecule has 0 fully saturated rings. The number of para-hydroxylation sites is 2. The number of nitrogens with zero attached hydrogens (tertiary/aromatic N) is 3. The Morgan fingerprint density at radius 1 is 1.12 bits per heavy atom. The highest BCUT2D eigenvalue weighted by Gasteiger charge is 2.15. The first-order valence-corrected chi connectivity index (χ1v) is 9.90. The number of benzene rings is 2. The van der Waals surface area contributed by atoms with Crippen LogP contribution in [0.25, 0.3) is 16.7 Å². The summed E-state index contributed by atoms with van der Waals surface area (Å²) in [6, 6.07) is 17.8. The van der Waals surface area contributed by atoms with Crippen molar-refractivity contribution < 1.29 is 9.53 Å². The van der Waals surface area contributed by atoms with E-state index in [1.54, 1.807) is 36.5 Å². The van der Waals surface area contributed by atoms with E-state index < -0.39 is 0 Å². The number of aromatic amines is 1. The van der Waals surface area contributed by atoms with Crippen molar-refractivity contribution in [1.29, 1.82) is 0 Å². The molecule has 7 nitrogen and oxygen atoms in total. The van der Waals surface area contributed by atoms with Crippen molar-refractivity contribution in [3.63, 3.8) is 0 Å². The second-order valence-corrected chi connectivity index (χ2v) is 6.98. The Balaban J connectivity index is 1.59. The predicted molar refractivity (Wildman–Crippen MR) is 125 cm³/mol. The SMILES string of the molecule is C=CC=N/C(Oc1ccc(C(=O)c2nc3ccccc3[nH]2)cc1)=C(\N)c1ccnc(C)c1. The molecule has 0 unspecified atom stereocenters. The number of pyridine rings is 1. The number of aryl methyl sites for hydroxylation is 1. The zero-order chi connectivity index (χ0) is 22.5. The van der Waals surface area contributed by atoms with Crippen LogP contribution in [0.1, 0.15) is 27.4 Å². The van der Waals surface area contributed by atoms with E-state index in [4.69, 9.17) is 10.5 Å². The monoisotopic (exact) mass is 423 g/mol. The molecule has 4 aromatic rings. The summed E-state index contributed by atoms with van der Waals surface area (Å²) in [5, 5.41) is 0. The van der Waals surface area contributed by atoms with E-state index in [0.717, 1.165) is 22.3 Å². The number of ketones is 1. The van der Waals surface area contributed by atoms with Crippen molar-refractivity contribution in [2.75, 3.05) is 0 Å². The number of hydrogen-bond acceptors (Lipinski definition) is 6. The summed E-state index contributed by atoms with van der Waals surface area (Å²) in [5.74, 6) is 0.774. The highest BCUT2D eigenvalue weighted by Crippen LogP contribution is 2.22. The van der Waals surface area contributed by atoms with Crippen LogP contribution in [0.2, 0.25) is 0 Å². The third-order valence-corrected chi connectivity index (χ3v) is 4.67. The van der Waals surface area contributed by atoms with Crippen molar-refractivity contribution in [3.8, 4) is 5.75 Å². The van der Waals surface area contributed by atoms with E-state index in [2.05, 4.69) is 26.5 Å². The van der Waals surface area contributed by atoms with Gasteiger partial charge in [0.05, 0.1) is 11.0 Å². The first-order chi connectivity index (χ1) is 15.5. The maximum atomic E-state index is 12.8. The minimum absolute atomic E-state index is 0.208. The molecule has 0 amide bonds. The Morgan fingerprint density at radius 3 is 2.62 bits per heavy atom. The van der Waals surface area contributed by atoms with Gasteiger partial charge in [-0.05, 0) is 55.5 Å². The number of carbonyl (C=O) groups is 1. The predicted octanol–water partition coefficient (Wildman–Crippen LogP) is 4.42. The Morgan fingerprint density at radius 2 is 1.91 bits per heavy atom. The number of hydrogen-bond donors (Lipinski definition) is 2. The Kier molecular flexibility index (Phi) is 5.89. The fourth-order valence-electron chi connectivity index (χ4n) is 3.09. The van der Waals surface area contributed by atoms with Crippen LogP contribution in [-0.4, -0.2) is 26.9 Å². The van der Waals surface area contributed by atoms with Crippen LogP contribution in [0.3, 0.4) is 0 Å². The first-order valence-electron chi connectivity index (χ1n) is 9.90. The molecule has 32 heavy (non-hydrogen) atoms. The summed E-state index contributed by atoms with van der Waals surface area (Å²) >= 11 is 0. The standard InChI is InChI=1S/C25H21N5O2/c1-3-13-28-25(22(26)18-12-14-27-16(2)15-18)32-19-10-8-17(9-11-19)23(31)24-29-20-6-4-5-7-21(20)30-24/h3-15H,1,26H2,2H3,(H,29,30)/b25-22+,28-13?. The van der Waals surface area contributed by atoms with E-state index in [0.29, 0.717) is 17.0 Å². The lowest BCUT2D eigenvalue weighted by atomic mass is 10.1. The topological polar surface area (TPSA) is 106 Å². The number of imidazole rings is 1. The lowest BCUT2D eigenvalue weighted by molar-refractivity contribution is 0.103. The summed E-state index contributed by atoms with van der Waals surface area (Å²) in [6.45, 7) is 5.51. The molecule has 2 heterocycles. The number of aliphatic imine (C=N–C) groups is 1. The number of H-pyrrole nitrogens is 1. The molecule has 4 rings (SSSR count). The second kappa shape index (κ2) is 9.09. The molecule has 0 saturated carbocycles. The van der Waals surface area contributed by atoms with Gasteiger partial charge in [0.25, 0.3) is 0 Å².